The molecule has 0 atom stereocenters. The third-order valence-electron chi connectivity index (χ3n) is 3.56. The van der Waals surface area contributed by atoms with Crippen LogP contribution in [-0.2, 0) is 0 Å². The highest BCUT2D eigenvalue weighted by atomic mass is 35.5. The Morgan fingerprint density at radius 2 is 1.76 bits per heavy atom. The number of benzene rings is 1. The molecule has 2 rings (SSSR count). The SMILES string of the molecule is Cc1ccc(Cl)cc1N1CCN(C(C)C)CC1. The van der Waals surface area contributed by atoms with Gasteiger partial charge in [0.1, 0.15) is 0 Å². The maximum Gasteiger partial charge on any atom is 0.0426 e. The van der Waals surface area contributed by atoms with E-state index in [1.165, 1.54) is 11.3 Å². The van der Waals surface area contributed by atoms with E-state index in [9.17, 15) is 0 Å². The first-order valence-electron chi connectivity index (χ1n) is 6.33. The lowest BCUT2D eigenvalue weighted by Crippen LogP contribution is -2.49. The molecule has 2 nitrogen and oxygen atoms in total. The van der Waals surface area contributed by atoms with Gasteiger partial charge in [0.05, 0.1) is 0 Å². The van der Waals surface area contributed by atoms with Gasteiger partial charge in [-0.05, 0) is 38.5 Å². The van der Waals surface area contributed by atoms with E-state index in [-0.39, 0.29) is 0 Å². The van der Waals surface area contributed by atoms with Gasteiger partial charge in [0.15, 0.2) is 0 Å². The first-order chi connectivity index (χ1) is 8.08. The summed E-state index contributed by atoms with van der Waals surface area (Å²) in [6, 6.07) is 6.80. The standard InChI is InChI=1S/C14H21ClN2/c1-11(2)16-6-8-17(9-7-16)14-10-13(15)5-4-12(14)3/h4-5,10-11H,6-9H2,1-3H3. The van der Waals surface area contributed by atoms with E-state index in [4.69, 9.17) is 11.6 Å². The van der Waals surface area contributed by atoms with Crippen molar-refractivity contribution in [3.05, 3.63) is 28.8 Å². The Kier molecular flexibility index (Phi) is 3.95. The predicted octanol–water partition coefficient (Wildman–Crippen LogP) is 3.18. The van der Waals surface area contributed by atoms with Crippen molar-refractivity contribution < 1.29 is 0 Å². The zero-order valence-electron chi connectivity index (χ0n) is 10.9. The molecule has 0 radical (unpaired) electrons. The zero-order chi connectivity index (χ0) is 12.4. The normalized spacial score (nSPS) is 17.8. The number of rotatable bonds is 2. The smallest absolute Gasteiger partial charge is 0.0426 e. The van der Waals surface area contributed by atoms with Gasteiger partial charge in [0.25, 0.3) is 0 Å². The summed E-state index contributed by atoms with van der Waals surface area (Å²) < 4.78 is 0. The minimum Gasteiger partial charge on any atom is -0.369 e. The van der Waals surface area contributed by atoms with Crippen molar-refractivity contribution >= 4 is 17.3 Å². The number of anilines is 1. The number of piperazine rings is 1. The van der Waals surface area contributed by atoms with Crippen LogP contribution in [-0.4, -0.2) is 37.1 Å². The van der Waals surface area contributed by atoms with E-state index in [0.29, 0.717) is 6.04 Å². The van der Waals surface area contributed by atoms with Gasteiger partial charge in [-0.2, -0.15) is 0 Å². The molecule has 1 aromatic carbocycles. The molecule has 1 fully saturated rings. The van der Waals surface area contributed by atoms with Crippen molar-refractivity contribution in [2.45, 2.75) is 26.8 Å². The summed E-state index contributed by atoms with van der Waals surface area (Å²) in [6.45, 7) is 11.2. The Hall–Kier alpha value is -0.730. The molecule has 94 valence electrons. The molecule has 1 saturated heterocycles. The zero-order valence-corrected chi connectivity index (χ0v) is 11.7. The number of halogens is 1. The Morgan fingerprint density at radius 1 is 1.12 bits per heavy atom. The van der Waals surface area contributed by atoms with E-state index in [0.717, 1.165) is 31.2 Å². The first kappa shape index (κ1) is 12.7. The summed E-state index contributed by atoms with van der Waals surface area (Å²) >= 11 is 6.08. The quantitative estimate of drug-likeness (QED) is 0.798. The van der Waals surface area contributed by atoms with Crippen LogP contribution < -0.4 is 4.90 Å². The third-order valence-corrected chi connectivity index (χ3v) is 3.79. The number of nitrogens with zero attached hydrogens (tertiary/aromatic N) is 2. The minimum atomic E-state index is 0.651. The second-order valence-electron chi connectivity index (χ2n) is 5.05. The minimum absolute atomic E-state index is 0.651. The fraction of sp³-hybridized carbons (Fsp3) is 0.571. The molecule has 0 saturated carbocycles. The van der Waals surface area contributed by atoms with Gasteiger partial charge in [-0.25, -0.2) is 0 Å². The molecule has 0 aromatic heterocycles. The summed E-state index contributed by atoms with van der Waals surface area (Å²) in [5.41, 5.74) is 2.60. The van der Waals surface area contributed by atoms with Gasteiger partial charge in [-0.15, -0.1) is 0 Å². The predicted molar refractivity (Wildman–Crippen MR) is 75.1 cm³/mol. The summed E-state index contributed by atoms with van der Waals surface area (Å²) in [5, 5.41) is 0.830. The van der Waals surface area contributed by atoms with Gasteiger partial charge < -0.3 is 4.90 Å². The Morgan fingerprint density at radius 3 is 2.35 bits per heavy atom. The van der Waals surface area contributed by atoms with Gasteiger partial charge >= 0.3 is 0 Å². The molecule has 1 aliphatic heterocycles. The largest absolute Gasteiger partial charge is 0.369 e. The molecule has 0 N–H and O–H groups in total. The van der Waals surface area contributed by atoms with E-state index in [1.807, 2.05) is 6.07 Å². The van der Waals surface area contributed by atoms with Crippen molar-refractivity contribution in [2.75, 3.05) is 31.1 Å². The lowest BCUT2D eigenvalue weighted by molar-refractivity contribution is 0.209. The van der Waals surface area contributed by atoms with Crippen LogP contribution in [0.15, 0.2) is 18.2 Å². The Bertz CT molecular complexity index is 382. The van der Waals surface area contributed by atoms with Gasteiger partial charge in [-0.1, -0.05) is 17.7 Å². The molecule has 0 spiro atoms. The second-order valence-corrected chi connectivity index (χ2v) is 5.48. The van der Waals surface area contributed by atoms with Crippen molar-refractivity contribution in [3.8, 4) is 0 Å². The van der Waals surface area contributed by atoms with E-state index in [2.05, 4.69) is 42.7 Å². The van der Waals surface area contributed by atoms with Crippen LogP contribution in [0, 0.1) is 6.92 Å². The van der Waals surface area contributed by atoms with Gasteiger partial charge in [0.2, 0.25) is 0 Å². The molecule has 1 heterocycles. The number of hydrogen-bond donors (Lipinski definition) is 0. The molecule has 0 unspecified atom stereocenters. The summed E-state index contributed by atoms with van der Waals surface area (Å²) in [4.78, 5) is 4.97. The first-order valence-corrected chi connectivity index (χ1v) is 6.71. The summed E-state index contributed by atoms with van der Waals surface area (Å²) in [7, 11) is 0. The molecule has 1 aromatic rings. The number of aryl methyl sites for hydroxylation is 1. The molecular formula is C14H21ClN2. The van der Waals surface area contributed by atoms with Crippen LogP contribution in [0.25, 0.3) is 0 Å². The van der Waals surface area contributed by atoms with Crippen LogP contribution in [0.5, 0.6) is 0 Å². The van der Waals surface area contributed by atoms with Crippen molar-refractivity contribution in [2.24, 2.45) is 0 Å². The maximum atomic E-state index is 6.08. The third kappa shape index (κ3) is 2.93. The maximum absolute atomic E-state index is 6.08. The van der Waals surface area contributed by atoms with E-state index >= 15 is 0 Å². The van der Waals surface area contributed by atoms with Gasteiger partial charge in [-0.3, -0.25) is 4.90 Å². The molecule has 3 heteroatoms. The van der Waals surface area contributed by atoms with E-state index < -0.39 is 0 Å². The lowest BCUT2D eigenvalue weighted by atomic mass is 10.1. The average molecular weight is 253 g/mol. The molecule has 1 aliphatic rings. The highest BCUT2D eigenvalue weighted by Gasteiger charge is 2.19. The van der Waals surface area contributed by atoms with Crippen LogP contribution in [0.2, 0.25) is 5.02 Å². The molecule has 0 bridgehead atoms. The van der Waals surface area contributed by atoms with Crippen LogP contribution in [0.1, 0.15) is 19.4 Å². The molecular weight excluding hydrogens is 232 g/mol. The van der Waals surface area contributed by atoms with Crippen molar-refractivity contribution in [1.29, 1.82) is 0 Å². The fourth-order valence-corrected chi connectivity index (χ4v) is 2.57. The molecule has 17 heavy (non-hydrogen) atoms. The van der Waals surface area contributed by atoms with Crippen molar-refractivity contribution in [1.82, 2.24) is 4.90 Å². The Balaban J connectivity index is 2.07. The van der Waals surface area contributed by atoms with Gasteiger partial charge in [0, 0.05) is 42.9 Å². The molecule has 0 amide bonds. The van der Waals surface area contributed by atoms with Crippen LogP contribution in [0.4, 0.5) is 5.69 Å². The average Bonchev–Trinajstić information content (AvgIpc) is 2.32. The number of hydrogen-bond acceptors (Lipinski definition) is 2. The highest BCUT2D eigenvalue weighted by molar-refractivity contribution is 6.30. The van der Waals surface area contributed by atoms with E-state index in [1.54, 1.807) is 0 Å². The van der Waals surface area contributed by atoms with Crippen molar-refractivity contribution in [3.63, 3.8) is 0 Å². The molecule has 0 aliphatic carbocycles. The lowest BCUT2D eigenvalue weighted by Gasteiger charge is -2.38. The monoisotopic (exact) mass is 252 g/mol. The summed E-state index contributed by atoms with van der Waals surface area (Å²) in [5.74, 6) is 0. The Labute approximate surface area is 109 Å². The fourth-order valence-electron chi connectivity index (χ4n) is 2.40. The topological polar surface area (TPSA) is 6.48 Å². The van der Waals surface area contributed by atoms with Crippen LogP contribution in [0.3, 0.4) is 0 Å². The van der Waals surface area contributed by atoms with Crippen LogP contribution >= 0.6 is 11.6 Å². The highest BCUT2D eigenvalue weighted by Crippen LogP contribution is 2.25. The summed E-state index contributed by atoms with van der Waals surface area (Å²) in [6.07, 6.45) is 0. The second kappa shape index (κ2) is 5.28.